The van der Waals surface area contributed by atoms with E-state index in [0.29, 0.717) is 35.7 Å². The monoisotopic (exact) mass is 355 g/mol. The van der Waals surface area contributed by atoms with E-state index >= 15 is 0 Å². The Bertz CT molecular complexity index is 663. The van der Waals surface area contributed by atoms with Gasteiger partial charge < -0.3 is 20.1 Å². The zero-order valence-electron chi connectivity index (χ0n) is 12.9. The molecule has 0 aliphatic heterocycles. The van der Waals surface area contributed by atoms with E-state index in [1.54, 1.807) is 19.4 Å². The number of halogens is 1. The Morgan fingerprint density at radius 2 is 2.22 bits per heavy atom. The van der Waals surface area contributed by atoms with Gasteiger partial charge in [-0.05, 0) is 18.2 Å². The lowest BCUT2D eigenvalue weighted by Gasteiger charge is -2.14. The molecule has 1 aromatic heterocycles. The second-order valence-corrected chi connectivity index (χ2v) is 6.36. The second-order valence-electron chi connectivity index (χ2n) is 4.67. The number of thiazole rings is 1. The molecule has 1 heterocycles. The predicted octanol–water partition coefficient (Wildman–Crippen LogP) is 3.39. The van der Waals surface area contributed by atoms with Gasteiger partial charge in [-0.1, -0.05) is 11.6 Å². The number of carbonyl (C=O) groups excluding carboxylic acids is 1. The number of carbonyl (C=O) groups is 1. The number of aromatic nitrogens is 1. The summed E-state index contributed by atoms with van der Waals surface area (Å²) in [6.07, 6.45) is 1.73. The predicted molar refractivity (Wildman–Crippen MR) is 92.6 cm³/mol. The Labute approximate surface area is 143 Å². The van der Waals surface area contributed by atoms with Crippen LogP contribution in [0.25, 0.3) is 0 Å². The number of hydrogen-bond donors (Lipinski definition) is 2. The molecular formula is C15H18ClN3O3S. The highest BCUT2D eigenvalue weighted by Crippen LogP contribution is 2.29. The number of nitrogens with one attached hydrogen (secondary N) is 2. The first-order valence-electron chi connectivity index (χ1n) is 6.96. The fourth-order valence-corrected chi connectivity index (χ4v) is 2.78. The third-order valence-electron chi connectivity index (χ3n) is 2.82. The number of benzene rings is 1. The van der Waals surface area contributed by atoms with Crippen molar-refractivity contribution in [3.05, 3.63) is 33.7 Å². The molecule has 0 spiro atoms. The number of ether oxygens (including phenoxy) is 2. The summed E-state index contributed by atoms with van der Waals surface area (Å²) in [7, 11) is 1.62. The topological polar surface area (TPSA) is 72.5 Å². The maximum atomic E-state index is 11.2. The summed E-state index contributed by atoms with van der Waals surface area (Å²) >= 11 is 7.24. The van der Waals surface area contributed by atoms with Gasteiger partial charge in [0.2, 0.25) is 5.91 Å². The van der Waals surface area contributed by atoms with E-state index in [9.17, 15) is 4.79 Å². The highest BCUT2D eigenvalue weighted by atomic mass is 35.5. The zero-order valence-corrected chi connectivity index (χ0v) is 14.5. The molecule has 8 heteroatoms. The maximum absolute atomic E-state index is 11.2. The van der Waals surface area contributed by atoms with Crippen LogP contribution in [0.15, 0.2) is 24.4 Å². The first-order chi connectivity index (χ1) is 11.1. The normalized spacial score (nSPS) is 10.4. The molecule has 0 aliphatic carbocycles. The first kappa shape index (κ1) is 17.5. The summed E-state index contributed by atoms with van der Waals surface area (Å²) < 4.78 is 11.2. The van der Waals surface area contributed by atoms with Crippen molar-refractivity contribution in [2.24, 2.45) is 0 Å². The van der Waals surface area contributed by atoms with Gasteiger partial charge in [-0.25, -0.2) is 4.98 Å². The van der Waals surface area contributed by atoms with E-state index in [1.807, 2.05) is 12.1 Å². The van der Waals surface area contributed by atoms with Crippen molar-refractivity contribution in [3.8, 4) is 5.75 Å². The van der Waals surface area contributed by atoms with Crippen molar-refractivity contribution < 1.29 is 14.3 Å². The van der Waals surface area contributed by atoms with Crippen molar-refractivity contribution >= 4 is 40.2 Å². The molecule has 0 saturated carbocycles. The lowest BCUT2D eigenvalue weighted by atomic mass is 10.2. The molecule has 2 aromatic rings. The number of amides is 1. The van der Waals surface area contributed by atoms with Crippen molar-refractivity contribution in [1.82, 2.24) is 4.98 Å². The fraction of sp³-hybridized carbons (Fsp3) is 0.333. The Kier molecular flexibility index (Phi) is 6.64. The van der Waals surface area contributed by atoms with Crippen LogP contribution in [0.3, 0.4) is 0 Å². The van der Waals surface area contributed by atoms with E-state index in [1.165, 1.54) is 18.3 Å². The number of nitrogens with zero attached hydrogens (tertiary/aromatic N) is 1. The van der Waals surface area contributed by atoms with Crippen LogP contribution >= 0.6 is 22.9 Å². The number of hydrogen-bond acceptors (Lipinski definition) is 6. The molecule has 0 fully saturated rings. The van der Waals surface area contributed by atoms with Crippen LogP contribution in [0.4, 0.5) is 11.4 Å². The molecule has 6 nitrogen and oxygen atoms in total. The molecular weight excluding hydrogens is 338 g/mol. The molecule has 0 unspecified atom stereocenters. The summed E-state index contributed by atoms with van der Waals surface area (Å²) in [6.45, 7) is 2.97. The molecule has 0 aliphatic rings. The minimum absolute atomic E-state index is 0.127. The number of anilines is 2. The summed E-state index contributed by atoms with van der Waals surface area (Å²) in [5, 5.41) is 6.03. The molecule has 0 atom stereocenters. The maximum Gasteiger partial charge on any atom is 0.221 e. The van der Waals surface area contributed by atoms with Gasteiger partial charge in [0.15, 0.2) is 4.47 Å². The van der Waals surface area contributed by atoms with E-state index in [0.717, 1.165) is 10.6 Å². The standard InChI is InChI=1S/C15H18ClN3O3S/c1-10(20)19-11-3-4-14(22-6-5-21-2)13(7-11)17-8-12-9-18-15(16)23-12/h3-4,7,9,17H,5-6,8H2,1-2H3,(H,19,20). The van der Waals surface area contributed by atoms with Crippen LogP contribution in [0.1, 0.15) is 11.8 Å². The third kappa shape index (κ3) is 5.70. The van der Waals surface area contributed by atoms with Crippen LogP contribution in [-0.2, 0) is 16.1 Å². The van der Waals surface area contributed by atoms with E-state index in [-0.39, 0.29) is 5.91 Å². The molecule has 124 valence electrons. The Hall–Kier alpha value is -1.83. The van der Waals surface area contributed by atoms with Crippen LogP contribution in [0.2, 0.25) is 4.47 Å². The summed E-state index contributed by atoms with van der Waals surface area (Å²) in [5.74, 6) is 0.560. The smallest absolute Gasteiger partial charge is 0.221 e. The highest BCUT2D eigenvalue weighted by molar-refractivity contribution is 7.15. The molecule has 2 N–H and O–H groups in total. The lowest BCUT2D eigenvalue weighted by Crippen LogP contribution is -2.09. The molecule has 0 radical (unpaired) electrons. The van der Waals surface area contributed by atoms with Gasteiger partial charge in [0.1, 0.15) is 12.4 Å². The van der Waals surface area contributed by atoms with E-state index in [4.69, 9.17) is 21.1 Å². The molecule has 1 aromatic carbocycles. The average molecular weight is 356 g/mol. The van der Waals surface area contributed by atoms with Crippen LogP contribution in [-0.4, -0.2) is 31.2 Å². The highest BCUT2D eigenvalue weighted by Gasteiger charge is 2.08. The van der Waals surface area contributed by atoms with E-state index in [2.05, 4.69) is 15.6 Å². The molecule has 2 rings (SSSR count). The largest absolute Gasteiger partial charge is 0.489 e. The van der Waals surface area contributed by atoms with Crippen LogP contribution in [0.5, 0.6) is 5.75 Å². The number of rotatable bonds is 8. The van der Waals surface area contributed by atoms with Gasteiger partial charge in [-0.2, -0.15) is 0 Å². The average Bonchev–Trinajstić information content (AvgIpc) is 2.92. The van der Waals surface area contributed by atoms with Crippen LogP contribution < -0.4 is 15.4 Å². The molecule has 1 amide bonds. The first-order valence-corrected chi connectivity index (χ1v) is 8.15. The third-order valence-corrected chi connectivity index (χ3v) is 3.94. The van der Waals surface area contributed by atoms with Gasteiger partial charge in [0.05, 0.1) is 18.8 Å². The van der Waals surface area contributed by atoms with Gasteiger partial charge in [0.25, 0.3) is 0 Å². The summed E-state index contributed by atoms with van der Waals surface area (Å²) in [4.78, 5) is 16.2. The Morgan fingerprint density at radius 3 is 2.87 bits per heavy atom. The number of methoxy groups -OCH3 is 1. The molecule has 0 saturated heterocycles. The zero-order chi connectivity index (χ0) is 16.7. The van der Waals surface area contributed by atoms with Crippen molar-refractivity contribution in [1.29, 1.82) is 0 Å². The van der Waals surface area contributed by atoms with E-state index < -0.39 is 0 Å². The lowest BCUT2D eigenvalue weighted by molar-refractivity contribution is -0.114. The summed E-state index contributed by atoms with van der Waals surface area (Å²) in [6, 6.07) is 5.42. The van der Waals surface area contributed by atoms with Gasteiger partial charge in [-0.3, -0.25) is 4.79 Å². The molecule has 0 bridgehead atoms. The van der Waals surface area contributed by atoms with Crippen LogP contribution in [0, 0.1) is 0 Å². The second kappa shape index (κ2) is 8.71. The summed E-state index contributed by atoms with van der Waals surface area (Å²) in [5.41, 5.74) is 1.47. The minimum Gasteiger partial charge on any atom is -0.489 e. The van der Waals surface area contributed by atoms with Crippen molar-refractivity contribution in [2.45, 2.75) is 13.5 Å². The van der Waals surface area contributed by atoms with Gasteiger partial charge >= 0.3 is 0 Å². The minimum atomic E-state index is -0.127. The Morgan fingerprint density at radius 1 is 1.39 bits per heavy atom. The fourth-order valence-electron chi connectivity index (χ4n) is 1.86. The van der Waals surface area contributed by atoms with Gasteiger partial charge in [-0.15, -0.1) is 11.3 Å². The quantitative estimate of drug-likeness (QED) is 0.710. The molecule has 23 heavy (non-hydrogen) atoms. The van der Waals surface area contributed by atoms with Crippen molar-refractivity contribution in [2.75, 3.05) is 31.0 Å². The van der Waals surface area contributed by atoms with Crippen molar-refractivity contribution in [3.63, 3.8) is 0 Å². The Balaban J connectivity index is 2.11. The SMILES string of the molecule is COCCOc1ccc(NC(C)=O)cc1NCc1cnc(Cl)s1. The van der Waals surface area contributed by atoms with Gasteiger partial charge in [0, 0.05) is 30.8 Å².